The molecule has 4 heteroatoms. The Morgan fingerprint density at radius 2 is 1.62 bits per heavy atom. The Balaban J connectivity index is 1.99. The van der Waals surface area contributed by atoms with Crippen LogP contribution in [0.1, 0.15) is 61.9 Å². The molecule has 4 nitrogen and oxygen atoms in total. The van der Waals surface area contributed by atoms with Gasteiger partial charge in [0.05, 0.1) is 0 Å². The third-order valence-electron chi connectivity index (χ3n) is 5.93. The quantitative estimate of drug-likeness (QED) is 0.809. The van der Waals surface area contributed by atoms with Gasteiger partial charge in [0.2, 0.25) is 0 Å². The third kappa shape index (κ3) is 2.94. The van der Waals surface area contributed by atoms with Crippen molar-refractivity contribution in [3.8, 4) is 11.5 Å². The average Bonchev–Trinajstić information content (AvgIpc) is 2.57. The molecule has 24 heavy (non-hydrogen) atoms. The Kier molecular flexibility index (Phi) is 4.18. The summed E-state index contributed by atoms with van der Waals surface area (Å²) in [6.45, 7) is 6.01. The van der Waals surface area contributed by atoms with E-state index >= 15 is 0 Å². The van der Waals surface area contributed by atoms with Crippen LogP contribution >= 0.6 is 0 Å². The highest BCUT2D eigenvalue weighted by Gasteiger charge is 2.45. The summed E-state index contributed by atoms with van der Waals surface area (Å²) >= 11 is 0. The summed E-state index contributed by atoms with van der Waals surface area (Å²) in [5, 5.41) is 19.6. The Bertz CT molecular complexity index is 719. The number of ketones is 1. The van der Waals surface area contributed by atoms with E-state index in [1.54, 1.807) is 6.92 Å². The molecule has 0 spiro atoms. The largest absolute Gasteiger partial charge is 0.504 e. The monoisotopic (exact) mass is 330 g/mol. The van der Waals surface area contributed by atoms with Crippen molar-refractivity contribution in [1.82, 2.24) is 0 Å². The van der Waals surface area contributed by atoms with E-state index in [1.807, 2.05) is 6.92 Å². The zero-order valence-electron chi connectivity index (χ0n) is 14.6. The number of hydrogen-bond donors (Lipinski definition) is 2. The number of aryl methyl sites for hydroxylation is 1. The van der Waals surface area contributed by atoms with E-state index in [1.165, 1.54) is 31.4 Å². The van der Waals surface area contributed by atoms with E-state index in [0.717, 1.165) is 18.8 Å². The molecule has 0 aromatic heterocycles. The Labute approximate surface area is 142 Å². The van der Waals surface area contributed by atoms with Gasteiger partial charge in [-0.15, -0.1) is 0 Å². The van der Waals surface area contributed by atoms with Gasteiger partial charge >= 0.3 is 0 Å². The lowest BCUT2D eigenvalue weighted by Gasteiger charge is -2.46. The number of fused-ring (bicyclic) bond motifs is 2. The van der Waals surface area contributed by atoms with Crippen molar-refractivity contribution in [2.75, 3.05) is 0 Å². The summed E-state index contributed by atoms with van der Waals surface area (Å²) in [4.78, 5) is 25.0. The molecular formula is C20H26O4. The van der Waals surface area contributed by atoms with Crippen LogP contribution in [0, 0.1) is 30.1 Å². The van der Waals surface area contributed by atoms with E-state index < -0.39 is 22.3 Å². The average molecular weight is 330 g/mol. The molecule has 3 rings (SSSR count). The van der Waals surface area contributed by atoms with E-state index in [-0.39, 0.29) is 5.78 Å². The maximum atomic E-state index is 13.3. The van der Waals surface area contributed by atoms with Crippen LogP contribution in [0.25, 0.3) is 0 Å². The van der Waals surface area contributed by atoms with E-state index in [4.69, 9.17) is 0 Å². The normalized spacial score (nSPS) is 32.4. The summed E-state index contributed by atoms with van der Waals surface area (Å²) in [5.74, 6) is 0.775. The molecule has 0 aliphatic heterocycles. The van der Waals surface area contributed by atoms with Gasteiger partial charge in [-0.1, -0.05) is 13.8 Å². The maximum Gasteiger partial charge on any atom is 0.261 e. The van der Waals surface area contributed by atoms with Gasteiger partial charge in [0, 0.05) is 11.0 Å². The molecule has 2 aliphatic rings. The van der Waals surface area contributed by atoms with Crippen LogP contribution in [0.4, 0.5) is 0 Å². The van der Waals surface area contributed by atoms with Crippen LogP contribution in [0.2, 0.25) is 0 Å². The van der Waals surface area contributed by atoms with Crippen LogP contribution in [0.15, 0.2) is 16.9 Å². The molecule has 2 atom stereocenters. The number of carbonyl (C=O) groups excluding carboxylic acids is 1. The highest BCUT2D eigenvalue weighted by molar-refractivity contribution is 6.01. The molecular weight excluding hydrogens is 304 g/mol. The van der Waals surface area contributed by atoms with Crippen LogP contribution < -0.4 is 5.43 Å². The minimum Gasteiger partial charge on any atom is -0.504 e. The fourth-order valence-corrected chi connectivity index (χ4v) is 5.14. The molecule has 2 N–H and O–H groups in total. The first-order valence-electron chi connectivity index (χ1n) is 8.81. The van der Waals surface area contributed by atoms with Crippen molar-refractivity contribution in [2.24, 2.45) is 23.2 Å². The summed E-state index contributed by atoms with van der Waals surface area (Å²) in [6.07, 6.45) is 5.30. The molecule has 1 aromatic carbocycles. The second-order valence-electron chi connectivity index (χ2n) is 8.33. The second kappa shape index (κ2) is 5.91. The van der Waals surface area contributed by atoms with Gasteiger partial charge in [0.25, 0.3) is 5.43 Å². The minimum absolute atomic E-state index is 0.0189. The summed E-state index contributed by atoms with van der Waals surface area (Å²) in [7, 11) is 0. The number of rotatable bonds is 2. The molecule has 2 fully saturated rings. The smallest absolute Gasteiger partial charge is 0.261 e. The predicted octanol–water partition coefficient (Wildman–Crippen LogP) is 3.80. The Morgan fingerprint density at radius 3 is 2.21 bits per heavy atom. The van der Waals surface area contributed by atoms with Crippen molar-refractivity contribution in [2.45, 2.75) is 52.9 Å². The molecule has 2 unspecified atom stereocenters. The van der Waals surface area contributed by atoms with Gasteiger partial charge in [-0.25, -0.2) is 0 Å². The SMILES string of the molecule is Cc1cc(O)c(=O)c(O)cc1C(=O)C1(C)CC2CC(C)CC(C2)C1. The van der Waals surface area contributed by atoms with Crippen LogP contribution in [-0.4, -0.2) is 16.0 Å². The third-order valence-corrected chi connectivity index (χ3v) is 5.93. The van der Waals surface area contributed by atoms with Crippen LogP contribution in [0.5, 0.6) is 11.5 Å². The molecule has 2 saturated carbocycles. The zero-order valence-corrected chi connectivity index (χ0v) is 14.6. The standard InChI is InChI=1S/C20H26O4/c1-11-4-13-7-14(5-11)10-20(3,9-13)19(24)15-8-17(22)18(23)16(21)6-12(15)2/h6,8,11,13-14H,4-5,7,9-10H2,1-3H3,(H2,21,22,23). The number of aromatic hydroxyl groups is 2. The predicted molar refractivity (Wildman–Crippen MR) is 92.4 cm³/mol. The van der Waals surface area contributed by atoms with E-state index in [2.05, 4.69) is 6.92 Å². The highest BCUT2D eigenvalue weighted by Crippen LogP contribution is 2.51. The fraction of sp³-hybridized carbons (Fsp3) is 0.600. The fourth-order valence-electron chi connectivity index (χ4n) is 5.14. The zero-order chi connectivity index (χ0) is 17.6. The lowest BCUT2D eigenvalue weighted by molar-refractivity contribution is 0.0373. The maximum absolute atomic E-state index is 13.3. The molecule has 0 saturated heterocycles. The van der Waals surface area contributed by atoms with Crippen molar-refractivity contribution in [3.63, 3.8) is 0 Å². The molecule has 0 radical (unpaired) electrons. The summed E-state index contributed by atoms with van der Waals surface area (Å²) in [6, 6.07) is 2.52. The second-order valence-corrected chi connectivity index (χ2v) is 8.33. The first kappa shape index (κ1) is 17.0. The molecule has 130 valence electrons. The number of Topliss-reactive ketones (excluding diaryl/α,β-unsaturated/α-hetero) is 1. The lowest BCUT2D eigenvalue weighted by Crippen LogP contribution is -2.41. The minimum atomic E-state index is -0.836. The lowest BCUT2D eigenvalue weighted by atomic mass is 9.57. The van der Waals surface area contributed by atoms with Gasteiger partial charge in [0.15, 0.2) is 17.3 Å². The first-order valence-corrected chi connectivity index (χ1v) is 8.81. The number of carbonyl (C=O) groups is 1. The summed E-state index contributed by atoms with van der Waals surface area (Å²) in [5.41, 5.74) is -0.421. The molecule has 2 bridgehead atoms. The van der Waals surface area contributed by atoms with Gasteiger partial charge < -0.3 is 10.2 Å². The van der Waals surface area contributed by atoms with Crippen LogP contribution in [0.3, 0.4) is 0 Å². The molecule has 1 aromatic rings. The molecule has 2 aliphatic carbocycles. The van der Waals surface area contributed by atoms with Crippen molar-refractivity contribution >= 4 is 5.78 Å². The topological polar surface area (TPSA) is 74.6 Å². The molecule has 0 heterocycles. The van der Waals surface area contributed by atoms with Crippen molar-refractivity contribution in [1.29, 1.82) is 0 Å². The Morgan fingerprint density at radius 1 is 1.08 bits per heavy atom. The van der Waals surface area contributed by atoms with Gasteiger partial charge in [-0.2, -0.15) is 0 Å². The van der Waals surface area contributed by atoms with Gasteiger partial charge in [0.1, 0.15) is 0 Å². The highest BCUT2D eigenvalue weighted by atomic mass is 16.3. The Hall–Kier alpha value is -1.84. The van der Waals surface area contributed by atoms with Gasteiger partial charge in [-0.3, -0.25) is 9.59 Å². The van der Waals surface area contributed by atoms with E-state index in [0.29, 0.717) is 23.0 Å². The van der Waals surface area contributed by atoms with Gasteiger partial charge in [-0.05, 0) is 74.5 Å². The van der Waals surface area contributed by atoms with Crippen molar-refractivity contribution in [3.05, 3.63) is 33.5 Å². The van der Waals surface area contributed by atoms with Crippen molar-refractivity contribution < 1.29 is 15.0 Å². The van der Waals surface area contributed by atoms with E-state index in [9.17, 15) is 19.8 Å². The summed E-state index contributed by atoms with van der Waals surface area (Å²) < 4.78 is 0. The first-order chi connectivity index (χ1) is 11.2. The number of hydrogen-bond acceptors (Lipinski definition) is 4. The van der Waals surface area contributed by atoms with Crippen LogP contribution in [-0.2, 0) is 0 Å². The molecule has 0 amide bonds.